The zero-order valence-electron chi connectivity index (χ0n) is 12.0. The number of ether oxygens (including phenoxy) is 1. The number of aliphatic hydroxyl groups is 1. The van der Waals surface area contributed by atoms with Gasteiger partial charge in [0.25, 0.3) is 0 Å². The Balaban J connectivity index is 1.88. The number of urea groups is 1. The number of aliphatic hydroxyl groups excluding tert-OH is 1. The number of hydrogen-bond donors (Lipinski definition) is 3. The van der Waals surface area contributed by atoms with E-state index < -0.39 is 5.54 Å². The number of carbonyl (C=O) groups excluding carboxylic acids is 1. The quantitative estimate of drug-likeness (QED) is 0.741. The van der Waals surface area contributed by atoms with E-state index in [0.29, 0.717) is 12.5 Å². The standard InChI is InChI=1S/C15H22N2O3/c1-15(10-18,12-7-8-12)17-14(19)16-9-11-5-3-4-6-13(11)20-2/h3-6,12,18H,7-10H2,1-2H3,(H2,16,17,19). The lowest BCUT2D eigenvalue weighted by atomic mass is 9.97. The highest BCUT2D eigenvalue weighted by molar-refractivity contribution is 5.75. The molecule has 5 heteroatoms. The number of benzene rings is 1. The van der Waals surface area contributed by atoms with Gasteiger partial charge in [0.05, 0.1) is 19.3 Å². The molecule has 0 bridgehead atoms. The zero-order chi connectivity index (χ0) is 14.6. The van der Waals surface area contributed by atoms with Crippen LogP contribution in [-0.2, 0) is 6.54 Å². The summed E-state index contributed by atoms with van der Waals surface area (Å²) in [5.41, 5.74) is 0.396. The van der Waals surface area contributed by atoms with Gasteiger partial charge in [0.15, 0.2) is 0 Å². The monoisotopic (exact) mass is 278 g/mol. The third kappa shape index (κ3) is 3.42. The highest BCUT2D eigenvalue weighted by Gasteiger charge is 2.42. The average Bonchev–Trinajstić information content (AvgIpc) is 3.30. The molecule has 0 aromatic heterocycles. The molecule has 1 unspecified atom stereocenters. The van der Waals surface area contributed by atoms with Crippen molar-refractivity contribution >= 4 is 6.03 Å². The maximum absolute atomic E-state index is 11.9. The molecule has 2 amide bonds. The van der Waals surface area contributed by atoms with Crippen LogP contribution in [0.1, 0.15) is 25.3 Å². The molecule has 1 aromatic rings. The second-order valence-electron chi connectivity index (χ2n) is 5.47. The molecule has 0 aliphatic heterocycles. The summed E-state index contributed by atoms with van der Waals surface area (Å²) < 4.78 is 5.24. The lowest BCUT2D eigenvalue weighted by molar-refractivity contribution is 0.155. The molecule has 1 saturated carbocycles. The van der Waals surface area contributed by atoms with Crippen molar-refractivity contribution in [2.45, 2.75) is 31.8 Å². The van der Waals surface area contributed by atoms with E-state index >= 15 is 0 Å². The van der Waals surface area contributed by atoms with Gasteiger partial charge in [0.2, 0.25) is 0 Å². The summed E-state index contributed by atoms with van der Waals surface area (Å²) in [6.07, 6.45) is 2.12. The van der Waals surface area contributed by atoms with E-state index in [4.69, 9.17) is 4.74 Å². The molecule has 1 fully saturated rings. The van der Waals surface area contributed by atoms with Crippen LogP contribution in [0.3, 0.4) is 0 Å². The molecule has 1 atom stereocenters. The maximum atomic E-state index is 11.9. The minimum atomic E-state index is -0.523. The van der Waals surface area contributed by atoms with Gasteiger partial charge in [-0.1, -0.05) is 18.2 Å². The maximum Gasteiger partial charge on any atom is 0.315 e. The number of rotatable bonds is 6. The molecule has 20 heavy (non-hydrogen) atoms. The van der Waals surface area contributed by atoms with E-state index in [1.807, 2.05) is 31.2 Å². The first-order chi connectivity index (χ1) is 9.59. The van der Waals surface area contributed by atoms with Crippen LogP contribution in [0.25, 0.3) is 0 Å². The third-order valence-corrected chi connectivity index (χ3v) is 3.84. The largest absolute Gasteiger partial charge is 0.496 e. The number of amides is 2. The summed E-state index contributed by atoms with van der Waals surface area (Å²) >= 11 is 0. The summed E-state index contributed by atoms with van der Waals surface area (Å²) in [6, 6.07) is 7.29. The van der Waals surface area contributed by atoms with Gasteiger partial charge in [-0.05, 0) is 31.7 Å². The fourth-order valence-electron chi connectivity index (χ4n) is 2.32. The molecule has 0 spiro atoms. The SMILES string of the molecule is COc1ccccc1CNC(=O)NC(C)(CO)C1CC1. The van der Waals surface area contributed by atoms with Gasteiger partial charge in [-0.15, -0.1) is 0 Å². The Bertz CT molecular complexity index is 474. The number of para-hydroxylation sites is 1. The Morgan fingerprint density at radius 1 is 1.45 bits per heavy atom. The number of nitrogens with one attached hydrogen (secondary N) is 2. The van der Waals surface area contributed by atoms with Crippen LogP contribution >= 0.6 is 0 Å². The highest BCUT2D eigenvalue weighted by atomic mass is 16.5. The second kappa shape index (κ2) is 6.13. The van der Waals surface area contributed by atoms with Crippen LogP contribution in [0.4, 0.5) is 4.79 Å². The van der Waals surface area contributed by atoms with Crippen LogP contribution in [0.2, 0.25) is 0 Å². The van der Waals surface area contributed by atoms with Gasteiger partial charge < -0.3 is 20.5 Å². The van der Waals surface area contributed by atoms with E-state index in [1.54, 1.807) is 7.11 Å². The molecule has 2 rings (SSSR count). The number of methoxy groups -OCH3 is 1. The van der Waals surface area contributed by atoms with E-state index in [2.05, 4.69) is 10.6 Å². The Labute approximate surface area is 119 Å². The predicted octanol–water partition coefficient (Wildman–Crippen LogP) is 1.66. The molecule has 0 heterocycles. The first kappa shape index (κ1) is 14.7. The van der Waals surface area contributed by atoms with Crippen molar-refractivity contribution in [1.29, 1.82) is 0 Å². The second-order valence-corrected chi connectivity index (χ2v) is 5.47. The Kier molecular flexibility index (Phi) is 4.49. The normalized spacial score (nSPS) is 17.1. The Morgan fingerprint density at radius 3 is 2.75 bits per heavy atom. The van der Waals surface area contributed by atoms with Crippen LogP contribution in [-0.4, -0.2) is 30.4 Å². The van der Waals surface area contributed by atoms with Gasteiger partial charge in [-0.2, -0.15) is 0 Å². The lowest BCUT2D eigenvalue weighted by Crippen LogP contribution is -2.53. The van der Waals surface area contributed by atoms with Gasteiger partial charge >= 0.3 is 6.03 Å². The van der Waals surface area contributed by atoms with E-state index in [0.717, 1.165) is 24.2 Å². The summed E-state index contributed by atoms with van der Waals surface area (Å²) in [5.74, 6) is 1.13. The van der Waals surface area contributed by atoms with E-state index in [-0.39, 0.29) is 12.6 Å². The fraction of sp³-hybridized carbons (Fsp3) is 0.533. The van der Waals surface area contributed by atoms with Crippen molar-refractivity contribution in [2.75, 3.05) is 13.7 Å². The topological polar surface area (TPSA) is 70.6 Å². The average molecular weight is 278 g/mol. The van der Waals surface area contributed by atoms with Crippen LogP contribution in [0.5, 0.6) is 5.75 Å². The molecule has 3 N–H and O–H groups in total. The molecular formula is C15H22N2O3. The zero-order valence-corrected chi connectivity index (χ0v) is 12.0. The summed E-state index contributed by atoms with van der Waals surface area (Å²) in [7, 11) is 1.61. The third-order valence-electron chi connectivity index (χ3n) is 3.84. The molecule has 0 saturated heterocycles. The van der Waals surface area contributed by atoms with Gasteiger partial charge in [-0.3, -0.25) is 0 Å². The number of carbonyl (C=O) groups is 1. The molecule has 1 aliphatic rings. The first-order valence-electron chi connectivity index (χ1n) is 6.88. The molecule has 110 valence electrons. The Morgan fingerprint density at radius 2 is 2.15 bits per heavy atom. The van der Waals surface area contributed by atoms with E-state index in [1.165, 1.54) is 0 Å². The van der Waals surface area contributed by atoms with Crippen molar-refractivity contribution < 1.29 is 14.6 Å². The minimum absolute atomic E-state index is 0.0419. The molecule has 1 aliphatic carbocycles. The lowest BCUT2D eigenvalue weighted by Gasteiger charge is -2.28. The van der Waals surface area contributed by atoms with Gasteiger partial charge in [0, 0.05) is 12.1 Å². The van der Waals surface area contributed by atoms with Gasteiger partial charge in [-0.25, -0.2) is 4.79 Å². The van der Waals surface area contributed by atoms with Gasteiger partial charge in [0.1, 0.15) is 5.75 Å². The van der Waals surface area contributed by atoms with Crippen molar-refractivity contribution in [2.24, 2.45) is 5.92 Å². The fourth-order valence-corrected chi connectivity index (χ4v) is 2.32. The van der Waals surface area contributed by atoms with Crippen molar-refractivity contribution in [3.8, 4) is 5.75 Å². The minimum Gasteiger partial charge on any atom is -0.496 e. The first-order valence-corrected chi connectivity index (χ1v) is 6.88. The predicted molar refractivity (Wildman–Crippen MR) is 76.6 cm³/mol. The van der Waals surface area contributed by atoms with Crippen molar-refractivity contribution in [1.82, 2.24) is 10.6 Å². The van der Waals surface area contributed by atoms with Crippen molar-refractivity contribution in [3.63, 3.8) is 0 Å². The summed E-state index contributed by atoms with van der Waals surface area (Å²) in [6.45, 7) is 2.23. The van der Waals surface area contributed by atoms with Crippen LogP contribution in [0, 0.1) is 5.92 Å². The molecule has 5 nitrogen and oxygen atoms in total. The van der Waals surface area contributed by atoms with Crippen LogP contribution < -0.4 is 15.4 Å². The van der Waals surface area contributed by atoms with E-state index in [9.17, 15) is 9.90 Å². The smallest absolute Gasteiger partial charge is 0.315 e. The highest BCUT2D eigenvalue weighted by Crippen LogP contribution is 2.39. The van der Waals surface area contributed by atoms with Crippen molar-refractivity contribution in [3.05, 3.63) is 29.8 Å². The Hall–Kier alpha value is -1.75. The number of hydrogen-bond acceptors (Lipinski definition) is 3. The summed E-state index contributed by atoms with van der Waals surface area (Å²) in [4.78, 5) is 11.9. The van der Waals surface area contributed by atoms with Crippen LogP contribution in [0.15, 0.2) is 24.3 Å². The molecular weight excluding hydrogens is 256 g/mol. The summed E-state index contributed by atoms with van der Waals surface area (Å²) in [5, 5.41) is 15.1. The molecule has 1 aromatic carbocycles. The molecule has 0 radical (unpaired) electrons.